The SMILES string of the molecule is COC(=O)C12CCCC1CN(Cc1cncs1)C2. The van der Waals surface area contributed by atoms with E-state index in [2.05, 4.69) is 9.88 Å². The fraction of sp³-hybridized carbons (Fsp3) is 0.692. The van der Waals surface area contributed by atoms with Gasteiger partial charge in [0.25, 0.3) is 0 Å². The van der Waals surface area contributed by atoms with Crippen LogP contribution in [0.4, 0.5) is 0 Å². The quantitative estimate of drug-likeness (QED) is 0.784. The molecular weight excluding hydrogens is 248 g/mol. The number of carbonyl (C=O) groups excluding carboxylic acids is 1. The summed E-state index contributed by atoms with van der Waals surface area (Å²) in [5.41, 5.74) is 1.64. The molecule has 2 atom stereocenters. The van der Waals surface area contributed by atoms with Crippen LogP contribution in [0.3, 0.4) is 0 Å². The second-order valence-corrected chi connectivity index (χ2v) is 6.35. The Morgan fingerprint density at radius 3 is 3.33 bits per heavy atom. The lowest BCUT2D eigenvalue weighted by Gasteiger charge is -2.25. The number of esters is 1. The summed E-state index contributed by atoms with van der Waals surface area (Å²) in [6.45, 7) is 2.79. The van der Waals surface area contributed by atoms with Crippen molar-refractivity contribution in [3.05, 3.63) is 16.6 Å². The van der Waals surface area contributed by atoms with Crippen LogP contribution in [0, 0.1) is 11.3 Å². The maximum Gasteiger partial charge on any atom is 0.313 e. The molecule has 1 aromatic rings. The van der Waals surface area contributed by atoms with Gasteiger partial charge in [-0.15, -0.1) is 11.3 Å². The molecule has 3 rings (SSSR count). The Balaban J connectivity index is 1.74. The average molecular weight is 266 g/mol. The molecule has 4 nitrogen and oxygen atoms in total. The molecule has 0 spiro atoms. The minimum atomic E-state index is -0.223. The molecule has 5 heteroatoms. The second kappa shape index (κ2) is 4.63. The van der Waals surface area contributed by atoms with E-state index in [1.54, 1.807) is 11.3 Å². The lowest BCUT2D eigenvalue weighted by molar-refractivity contribution is -0.153. The lowest BCUT2D eigenvalue weighted by atomic mass is 9.81. The molecule has 2 fully saturated rings. The Kier molecular flexibility index (Phi) is 3.11. The third-order valence-electron chi connectivity index (χ3n) is 4.40. The highest BCUT2D eigenvalue weighted by Gasteiger charge is 2.55. The van der Waals surface area contributed by atoms with Crippen molar-refractivity contribution < 1.29 is 9.53 Å². The number of ether oxygens (including phenoxy) is 1. The van der Waals surface area contributed by atoms with E-state index < -0.39 is 0 Å². The number of thiazole rings is 1. The second-order valence-electron chi connectivity index (χ2n) is 5.37. The number of rotatable bonds is 3. The molecule has 0 amide bonds. The smallest absolute Gasteiger partial charge is 0.313 e. The highest BCUT2D eigenvalue weighted by molar-refractivity contribution is 7.09. The number of carbonyl (C=O) groups is 1. The van der Waals surface area contributed by atoms with E-state index in [0.717, 1.165) is 38.9 Å². The molecule has 0 bridgehead atoms. The standard InChI is InChI=1S/C13H18N2O2S/c1-17-12(16)13-4-2-3-10(13)6-15(8-13)7-11-5-14-9-18-11/h5,9-10H,2-4,6-8H2,1H3. The Morgan fingerprint density at radius 2 is 2.61 bits per heavy atom. The van der Waals surface area contributed by atoms with Crippen molar-refractivity contribution in [2.45, 2.75) is 25.8 Å². The van der Waals surface area contributed by atoms with E-state index in [4.69, 9.17) is 4.74 Å². The Hall–Kier alpha value is -0.940. The first kappa shape index (κ1) is 12.1. The number of likely N-dealkylation sites (tertiary alicyclic amines) is 1. The summed E-state index contributed by atoms with van der Waals surface area (Å²) in [7, 11) is 1.51. The molecule has 0 N–H and O–H groups in total. The number of aromatic nitrogens is 1. The predicted molar refractivity (Wildman–Crippen MR) is 69.2 cm³/mol. The molecule has 0 aromatic carbocycles. The number of fused-ring (bicyclic) bond motifs is 1. The molecular formula is C13H18N2O2S. The molecule has 2 unspecified atom stereocenters. The van der Waals surface area contributed by atoms with E-state index >= 15 is 0 Å². The molecule has 1 aliphatic heterocycles. The van der Waals surface area contributed by atoms with Gasteiger partial charge in [0.2, 0.25) is 0 Å². The summed E-state index contributed by atoms with van der Waals surface area (Å²) in [4.78, 5) is 19.9. The van der Waals surface area contributed by atoms with E-state index in [0.29, 0.717) is 5.92 Å². The van der Waals surface area contributed by atoms with Gasteiger partial charge in [-0.25, -0.2) is 0 Å². The first-order valence-corrected chi connectivity index (χ1v) is 7.31. The van der Waals surface area contributed by atoms with Crippen molar-refractivity contribution in [1.29, 1.82) is 0 Å². The summed E-state index contributed by atoms with van der Waals surface area (Å²) < 4.78 is 5.05. The van der Waals surface area contributed by atoms with Crippen LogP contribution in [-0.4, -0.2) is 36.1 Å². The van der Waals surface area contributed by atoms with Gasteiger partial charge in [0, 0.05) is 30.7 Å². The third-order valence-corrected chi connectivity index (χ3v) is 5.16. The zero-order valence-electron chi connectivity index (χ0n) is 10.6. The van der Waals surface area contributed by atoms with Crippen LogP contribution in [0.25, 0.3) is 0 Å². The van der Waals surface area contributed by atoms with Crippen LogP contribution in [0.15, 0.2) is 11.7 Å². The van der Waals surface area contributed by atoms with E-state index in [1.165, 1.54) is 12.0 Å². The van der Waals surface area contributed by atoms with Crippen molar-refractivity contribution in [1.82, 2.24) is 9.88 Å². The van der Waals surface area contributed by atoms with Gasteiger partial charge in [0.15, 0.2) is 0 Å². The molecule has 18 heavy (non-hydrogen) atoms. The number of hydrogen-bond donors (Lipinski definition) is 0. The molecule has 98 valence electrons. The van der Waals surface area contributed by atoms with Crippen LogP contribution in [-0.2, 0) is 16.1 Å². The fourth-order valence-electron chi connectivity index (χ4n) is 3.59. The predicted octanol–water partition coefficient (Wildman–Crippen LogP) is 1.92. The molecule has 1 aromatic heterocycles. The van der Waals surface area contributed by atoms with E-state index in [9.17, 15) is 4.79 Å². The van der Waals surface area contributed by atoms with E-state index in [1.807, 2.05) is 11.7 Å². The van der Waals surface area contributed by atoms with Gasteiger partial charge >= 0.3 is 5.97 Å². The first-order chi connectivity index (χ1) is 8.74. The number of methoxy groups -OCH3 is 1. The van der Waals surface area contributed by atoms with Crippen molar-refractivity contribution in [2.24, 2.45) is 11.3 Å². The van der Waals surface area contributed by atoms with Crippen molar-refractivity contribution in [3.8, 4) is 0 Å². The normalized spacial score (nSPS) is 31.5. The molecule has 2 heterocycles. The largest absolute Gasteiger partial charge is 0.469 e. The summed E-state index contributed by atoms with van der Waals surface area (Å²) in [6.07, 6.45) is 5.23. The molecule has 1 aliphatic carbocycles. The Bertz CT molecular complexity index is 434. The summed E-state index contributed by atoms with van der Waals surface area (Å²) in [6, 6.07) is 0. The Morgan fingerprint density at radius 1 is 1.72 bits per heavy atom. The van der Waals surface area contributed by atoms with Crippen LogP contribution in [0.1, 0.15) is 24.1 Å². The van der Waals surface area contributed by atoms with Crippen molar-refractivity contribution >= 4 is 17.3 Å². The van der Waals surface area contributed by atoms with E-state index in [-0.39, 0.29) is 11.4 Å². The lowest BCUT2D eigenvalue weighted by Crippen LogP contribution is -2.36. The van der Waals surface area contributed by atoms with Crippen molar-refractivity contribution in [3.63, 3.8) is 0 Å². The number of nitrogens with zero attached hydrogens (tertiary/aromatic N) is 2. The maximum atomic E-state index is 12.1. The zero-order chi connectivity index (χ0) is 12.6. The first-order valence-electron chi connectivity index (χ1n) is 6.43. The summed E-state index contributed by atoms with van der Waals surface area (Å²) >= 11 is 1.68. The minimum absolute atomic E-state index is 0.00296. The van der Waals surface area contributed by atoms with Gasteiger partial charge in [-0.3, -0.25) is 14.7 Å². The van der Waals surface area contributed by atoms with Crippen LogP contribution < -0.4 is 0 Å². The molecule has 1 saturated carbocycles. The van der Waals surface area contributed by atoms with Gasteiger partial charge in [0.1, 0.15) is 0 Å². The monoisotopic (exact) mass is 266 g/mol. The average Bonchev–Trinajstić information content (AvgIpc) is 3.03. The maximum absolute atomic E-state index is 12.1. The Labute approximate surface area is 111 Å². The number of hydrogen-bond acceptors (Lipinski definition) is 5. The van der Waals surface area contributed by atoms with Gasteiger partial charge in [-0.05, 0) is 18.8 Å². The fourth-order valence-corrected chi connectivity index (χ4v) is 4.23. The molecule has 1 saturated heterocycles. The molecule has 0 radical (unpaired) electrons. The third kappa shape index (κ3) is 1.86. The summed E-state index contributed by atoms with van der Waals surface area (Å²) in [5, 5.41) is 0. The van der Waals surface area contributed by atoms with Crippen LogP contribution in [0.2, 0.25) is 0 Å². The zero-order valence-corrected chi connectivity index (χ0v) is 11.4. The van der Waals surface area contributed by atoms with Crippen molar-refractivity contribution in [2.75, 3.05) is 20.2 Å². The van der Waals surface area contributed by atoms with Gasteiger partial charge in [0.05, 0.1) is 18.0 Å². The van der Waals surface area contributed by atoms with Crippen LogP contribution >= 0.6 is 11.3 Å². The van der Waals surface area contributed by atoms with Crippen LogP contribution in [0.5, 0.6) is 0 Å². The highest BCUT2D eigenvalue weighted by atomic mass is 32.1. The van der Waals surface area contributed by atoms with Gasteiger partial charge in [-0.2, -0.15) is 0 Å². The molecule has 2 aliphatic rings. The minimum Gasteiger partial charge on any atom is -0.469 e. The van der Waals surface area contributed by atoms with Gasteiger partial charge < -0.3 is 4.74 Å². The highest BCUT2D eigenvalue weighted by Crippen LogP contribution is 2.49. The topological polar surface area (TPSA) is 42.4 Å². The summed E-state index contributed by atoms with van der Waals surface area (Å²) in [5.74, 6) is 0.481. The van der Waals surface area contributed by atoms with Gasteiger partial charge in [-0.1, -0.05) is 6.42 Å².